The Morgan fingerprint density at radius 1 is 1.05 bits per heavy atom. The Bertz CT molecular complexity index is 1140. The van der Waals surface area contributed by atoms with Gasteiger partial charge in [0.25, 0.3) is 11.7 Å². The molecule has 198 valence electrons. The molecule has 0 aliphatic carbocycles. The number of aryl methyl sites for hydroxylation is 1. The number of carbonyl (C=O) groups is 2. The van der Waals surface area contributed by atoms with Crippen LogP contribution in [0.15, 0.2) is 48.0 Å². The zero-order valence-corrected chi connectivity index (χ0v) is 21.9. The van der Waals surface area contributed by atoms with E-state index < -0.39 is 17.7 Å². The van der Waals surface area contributed by atoms with Gasteiger partial charge in [0, 0.05) is 31.7 Å². The summed E-state index contributed by atoms with van der Waals surface area (Å²) in [5, 5.41) is 11.4. The molecule has 1 N–H and O–H groups in total. The van der Waals surface area contributed by atoms with Crippen molar-refractivity contribution in [3.05, 3.63) is 64.7 Å². The average molecular weight is 509 g/mol. The van der Waals surface area contributed by atoms with Gasteiger partial charge in [-0.2, -0.15) is 0 Å². The molecule has 0 radical (unpaired) electrons. The van der Waals surface area contributed by atoms with Gasteiger partial charge in [-0.05, 0) is 54.8 Å². The molecule has 4 rings (SSSR count). The highest BCUT2D eigenvalue weighted by Gasteiger charge is 2.46. The van der Waals surface area contributed by atoms with Crippen molar-refractivity contribution < 1.29 is 28.9 Å². The van der Waals surface area contributed by atoms with Gasteiger partial charge < -0.3 is 24.2 Å². The van der Waals surface area contributed by atoms with E-state index in [4.69, 9.17) is 14.2 Å². The number of amides is 1. The fourth-order valence-corrected chi connectivity index (χ4v) is 4.79. The van der Waals surface area contributed by atoms with Crippen molar-refractivity contribution in [3.63, 3.8) is 0 Å². The number of hydrogen-bond acceptors (Lipinski definition) is 7. The Labute approximate surface area is 218 Å². The number of hydrogen-bond donors (Lipinski definition) is 1. The van der Waals surface area contributed by atoms with Crippen molar-refractivity contribution in [1.82, 2.24) is 9.80 Å². The molecule has 2 aliphatic heterocycles. The largest absolute Gasteiger partial charge is 0.507 e. The number of ketones is 1. The Morgan fingerprint density at radius 2 is 1.76 bits per heavy atom. The standard InChI is InChI=1S/C29H36N2O6/c1-4-5-16-37-22-8-6-21(7-9-22)26-25(27(32)24-11-10-23(35-3)19-20(24)2)28(33)29(34)31(26)13-12-30-14-17-36-18-15-30/h6-11,19,26,32H,4-5,12-18H2,1-3H3. The molecule has 8 heteroatoms. The van der Waals surface area contributed by atoms with Gasteiger partial charge in [-0.15, -0.1) is 0 Å². The fourth-order valence-electron chi connectivity index (χ4n) is 4.79. The first-order chi connectivity index (χ1) is 17.9. The predicted molar refractivity (Wildman–Crippen MR) is 141 cm³/mol. The van der Waals surface area contributed by atoms with Crippen molar-refractivity contribution in [3.8, 4) is 11.5 Å². The van der Waals surface area contributed by atoms with Crippen LogP contribution in [0.5, 0.6) is 11.5 Å². The lowest BCUT2D eigenvalue weighted by Crippen LogP contribution is -2.42. The highest BCUT2D eigenvalue weighted by molar-refractivity contribution is 6.46. The average Bonchev–Trinajstić information content (AvgIpc) is 3.17. The number of ether oxygens (including phenoxy) is 3. The van der Waals surface area contributed by atoms with Gasteiger partial charge in [-0.25, -0.2) is 0 Å². The summed E-state index contributed by atoms with van der Waals surface area (Å²) in [6, 6.07) is 12.0. The van der Waals surface area contributed by atoms with Crippen LogP contribution < -0.4 is 9.47 Å². The maximum Gasteiger partial charge on any atom is 0.295 e. The molecule has 2 fully saturated rings. The summed E-state index contributed by atoms with van der Waals surface area (Å²) >= 11 is 0. The summed E-state index contributed by atoms with van der Waals surface area (Å²) in [6.45, 7) is 8.42. The second kappa shape index (κ2) is 12.3. The molecule has 0 saturated carbocycles. The van der Waals surface area contributed by atoms with Crippen LogP contribution in [0.4, 0.5) is 0 Å². The summed E-state index contributed by atoms with van der Waals surface area (Å²) in [6.07, 6.45) is 2.01. The molecule has 2 aromatic carbocycles. The van der Waals surface area contributed by atoms with Crippen LogP contribution >= 0.6 is 0 Å². The molecule has 1 amide bonds. The Hall–Kier alpha value is -3.36. The van der Waals surface area contributed by atoms with E-state index in [1.165, 1.54) is 0 Å². The van der Waals surface area contributed by atoms with Crippen molar-refractivity contribution in [1.29, 1.82) is 0 Å². The fraction of sp³-hybridized carbons (Fsp3) is 0.448. The predicted octanol–water partition coefficient (Wildman–Crippen LogP) is 3.94. The number of aliphatic hydroxyl groups is 1. The minimum Gasteiger partial charge on any atom is -0.507 e. The number of benzene rings is 2. The molecule has 0 spiro atoms. The molecule has 0 bridgehead atoms. The molecule has 0 aromatic heterocycles. The lowest BCUT2D eigenvalue weighted by atomic mass is 9.94. The number of morpholine rings is 1. The molecule has 37 heavy (non-hydrogen) atoms. The van der Waals surface area contributed by atoms with Gasteiger partial charge in [-0.1, -0.05) is 25.5 Å². The highest BCUT2D eigenvalue weighted by atomic mass is 16.5. The third kappa shape index (κ3) is 5.97. The summed E-state index contributed by atoms with van der Waals surface area (Å²) < 4.78 is 16.5. The molecular formula is C29H36N2O6. The molecule has 2 aromatic rings. The van der Waals surface area contributed by atoms with Gasteiger partial charge in [0.1, 0.15) is 17.3 Å². The van der Waals surface area contributed by atoms with Crippen LogP contribution in [0.2, 0.25) is 0 Å². The molecule has 1 unspecified atom stereocenters. The normalized spacial score (nSPS) is 19.9. The van der Waals surface area contributed by atoms with Crippen LogP contribution in [-0.4, -0.2) is 79.7 Å². The molecule has 1 atom stereocenters. The van der Waals surface area contributed by atoms with E-state index in [1.54, 1.807) is 30.2 Å². The summed E-state index contributed by atoms with van der Waals surface area (Å²) in [4.78, 5) is 30.4. The van der Waals surface area contributed by atoms with Crippen LogP contribution in [-0.2, 0) is 14.3 Å². The number of unbranched alkanes of at least 4 members (excludes halogenated alkanes) is 1. The SMILES string of the molecule is CCCCOc1ccc(C2C(=C(O)c3ccc(OC)cc3C)C(=O)C(=O)N2CCN2CCOCC2)cc1. The smallest absolute Gasteiger partial charge is 0.295 e. The van der Waals surface area contributed by atoms with Gasteiger partial charge in [-0.3, -0.25) is 14.5 Å². The van der Waals surface area contributed by atoms with Gasteiger partial charge in [0.15, 0.2) is 0 Å². The third-order valence-electron chi connectivity index (χ3n) is 6.95. The first-order valence-corrected chi connectivity index (χ1v) is 12.9. The zero-order valence-electron chi connectivity index (χ0n) is 21.9. The van der Waals surface area contributed by atoms with Crippen LogP contribution in [0.1, 0.15) is 42.5 Å². The van der Waals surface area contributed by atoms with Crippen molar-refractivity contribution >= 4 is 17.4 Å². The molecule has 8 nitrogen and oxygen atoms in total. The van der Waals surface area contributed by atoms with Crippen LogP contribution in [0.25, 0.3) is 5.76 Å². The molecule has 2 saturated heterocycles. The number of likely N-dealkylation sites (tertiary alicyclic amines) is 1. The van der Waals surface area contributed by atoms with E-state index in [0.29, 0.717) is 44.2 Å². The first kappa shape index (κ1) is 26.7. The first-order valence-electron chi connectivity index (χ1n) is 12.9. The van der Waals surface area contributed by atoms with Crippen LogP contribution in [0, 0.1) is 6.92 Å². The lowest BCUT2D eigenvalue weighted by molar-refractivity contribution is -0.140. The Morgan fingerprint density at radius 3 is 2.41 bits per heavy atom. The summed E-state index contributed by atoms with van der Waals surface area (Å²) in [7, 11) is 1.57. The maximum absolute atomic E-state index is 13.3. The van der Waals surface area contributed by atoms with E-state index in [1.807, 2.05) is 31.2 Å². The van der Waals surface area contributed by atoms with E-state index >= 15 is 0 Å². The Balaban J connectivity index is 1.70. The van der Waals surface area contributed by atoms with Gasteiger partial charge in [0.2, 0.25) is 0 Å². The number of Topliss-reactive ketones (excluding diaryl/α,β-unsaturated/α-hetero) is 1. The number of carbonyl (C=O) groups excluding carboxylic acids is 2. The maximum atomic E-state index is 13.3. The molecule has 2 heterocycles. The number of aliphatic hydroxyl groups excluding tert-OH is 1. The topological polar surface area (TPSA) is 88.5 Å². The number of methoxy groups -OCH3 is 1. The minimum absolute atomic E-state index is 0.0971. The van der Waals surface area contributed by atoms with E-state index in [-0.39, 0.29) is 11.3 Å². The quantitative estimate of drug-likeness (QED) is 0.225. The number of rotatable bonds is 10. The monoisotopic (exact) mass is 508 g/mol. The van der Waals surface area contributed by atoms with Gasteiger partial charge in [0.05, 0.1) is 38.5 Å². The second-order valence-corrected chi connectivity index (χ2v) is 9.40. The Kier molecular flexibility index (Phi) is 8.84. The third-order valence-corrected chi connectivity index (χ3v) is 6.95. The zero-order chi connectivity index (χ0) is 26.4. The minimum atomic E-state index is -0.702. The van der Waals surface area contributed by atoms with Crippen molar-refractivity contribution in [2.75, 3.05) is 53.1 Å². The summed E-state index contributed by atoms with van der Waals surface area (Å²) in [5.74, 6) is -0.0819. The van der Waals surface area contributed by atoms with Crippen molar-refractivity contribution in [2.45, 2.75) is 32.7 Å². The second-order valence-electron chi connectivity index (χ2n) is 9.40. The van der Waals surface area contributed by atoms with E-state index in [2.05, 4.69) is 11.8 Å². The van der Waals surface area contributed by atoms with Gasteiger partial charge >= 0.3 is 0 Å². The molecule has 2 aliphatic rings. The highest BCUT2D eigenvalue weighted by Crippen LogP contribution is 2.40. The lowest BCUT2D eigenvalue weighted by Gasteiger charge is -2.31. The van der Waals surface area contributed by atoms with Crippen LogP contribution in [0.3, 0.4) is 0 Å². The number of nitrogens with zero attached hydrogens (tertiary/aromatic N) is 2. The molecular weight excluding hydrogens is 472 g/mol. The van der Waals surface area contributed by atoms with E-state index in [0.717, 1.165) is 42.8 Å². The summed E-state index contributed by atoms with van der Waals surface area (Å²) in [5.41, 5.74) is 2.09. The van der Waals surface area contributed by atoms with E-state index in [9.17, 15) is 14.7 Å². The van der Waals surface area contributed by atoms with Crippen molar-refractivity contribution in [2.24, 2.45) is 0 Å².